The average Bonchev–Trinajstić information content (AvgIpc) is 2.08. The molecule has 0 spiro atoms. The van der Waals surface area contributed by atoms with E-state index in [0.29, 0.717) is 0 Å². The van der Waals surface area contributed by atoms with Crippen LogP contribution in [-0.4, -0.2) is 10.3 Å². The van der Waals surface area contributed by atoms with Crippen molar-refractivity contribution in [1.82, 2.24) is 0 Å². The van der Waals surface area contributed by atoms with Crippen molar-refractivity contribution in [2.45, 2.75) is 0 Å². The SMILES string of the molecule is O=C(Oc1ccc(F)cc1)C(=S)Cl. The van der Waals surface area contributed by atoms with Crippen LogP contribution in [0.1, 0.15) is 0 Å². The molecule has 0 aromatic heterocycles. The van der Waals surface area contributed by atoms with Crippen molar-refractivity contribution >= 4 is 34.1 Å². The van der Waals surface area contributed by atoms with Crippen LogP contribution in [0.3, 0.4) is 0 Å². The molecule has 0 aliphatic rings. The summed E-state index contributed by atoms with van der Waals surface area (Å²) in [6.07, 6.45) is 0. The second-order valence-electron chi connectivity index (χ2n) is 2.12. The highest BCUT2D eigenvalue weighted by atomic mass is 35.5. The summed E-state index contributed by atoms with van der Waals surface area (Å²) in [4.78, 5) is 10.8. The topological polar surface area (TPSA) is 26.3 Å². The van der Waals surface area contributed by atoms with Gasteiger partial charge in [0.25, 0.3) is 0 Å². The van der Waals surface area contributed by atoms with E-state index in [1.807, 2.05) is 0 Å². The first-order chi connectivity index (χ1) is 6.09. The van der Waals surface area contributed by atoms with Gasteiger partial charge in [-0.25, -0.2) is 9.18 Å². The van der Waals surface area contributed by atoms with E-state index in [-0.39, 0.29) is 10.1 Å². The minimum Gasteiger partial charge on any atom is -0.422 e. The molecule has 0 N–H and O–H groups in total. The summed E-state index contributed by atoms with van der Waals surface area (Å²) < 4.78 is 16.7. The van der Waals surface area contributed by atoms with Crippen LogP contribution in [0.2, 0.25) is 0 Å². The normalized spacial score (nSPS) is 9.38. The molecule has 0 unspecified atom stereocenters. The van der Waals surface area contributed by atoms with Gasteiger partial charge in [0.15, 0.2) is 4.32 Å². The Morgan fingerprint density at radius 1 is 1.38 bits per heavy atom. The fourth-order valence-electron chi connectivity index (χ4n) is 0.650. The fraction of sp³-hybridized carbons (Fsp3) is 0. The molecule has 1 aromatic carbocycles. The first-order valence-corrected chi connectivity index (χ1v) is 4.05. The van der Waals surface area contributed by atoms with Gasteiger partial charge >= 0.3 is 5.97 Å². The van der Waals surface area contributed by atoms with Crippen LogP contribution in [0.15, 0.2) is 24.3 Å². The Balaban J connectivity index is 2.70. The zero-order chi connectivity index (χ0) is 9.84. The third-order valence-corrected chi connectivity index (χ3v) is 1.51. The van der Waals surface area contributed by atoms with Crippen molar-refractivity contribution in [2.75, 3.05) is 0 Å². The Bertz CT molecular complexity index is 337. The van der Waals surface area contributed by atoms with Gasteiger partial charge in [-0.05, 0) is 24.3 Å². The van der Waals surface area contributed by atoms with Crippen molar-refractivity contribution in [3.8, 4) is 5.75 Å². The van der Waals surface area contributed by atoms with Crippen LogP contribution >= 0.6 is 23.8 Å². The Hall–Kier alpha value is -1.000. The molecule has 0 aliphatic heterocycles. The molecule has 1 aromatic rings. The van der Waals surface area contributed by atoms with Crippen LogP contribution in [-0.2, 0) is 4.79 Å². The van der Waals surface area contributed by atoms with E-state index in [0.717, 1.165) is 0 Å². The number of benzene rings is 1. The number of hydrogen-bond donors (Lipinski definition) is 0. The highest BCUT2D eigenvalue weighted by molar-refractivity contribution is 7.85. The summed E-state index contributed by atoms with van der Waals surface area (Å²) >= 11 is 9.55. The van der Waals surface area contributed by atoms with Gasteiger partial charge in [-0.15, -0.1) is 0 Å². The monoisotopic (exact) mass is 218 g/mol. The van der Waals surface area contributed by atoms with E-state index in [1.54, 1.807) is 0 Å². The van der Waals surface area contributed by atoms with Gasteiger partial charge in [0.05, 0.1) is 0 Å². The fourth-order valence-corrected chi connectivity index (χ4v) is 0.730. The third-order valence-electron chi connectivity index (χ3n) is 1.18. The Kier molecular flexibility index (Phi) is 3.33. The lowest BCUT2D eigenvalue weighted by molar-refractivity contribution is -0.126. The molecule has 5 heteroatoms. The summed E-state index contributed by atoms with van der Waals surface area (Å²) in [6.45, 7) is 0. The predicted molar refractivity (Wildman–Crippen MR) is 50.5 cm³/mol. The van der Waals surface area contributed by atoms with Crippen molar-refractivity contribution in [2.24, 2.45) is 0 Å². The molecule has 0 aliphatic carbocycles. The molecule has 13 heavy (non-hydrogen) atoms. The maximum absolute atomic E-state index is 12.4. The molecule has 0 saturated carbocycles. The number of carbonyl (C=O) groups excluding carboxylic acids is 1. The third kappa shape index (κ3) is 3.08. The average molecular weight is 219 g/mol. The lowest BCUT2D eigenvalue weighted by Gasteiger charge is -2.00. The summed E-state index contributed by atoms with van der Waals surface area (Å²) in [5.41, 5.74) is 0. The Morgan fingerprint density at radius 2 is 1.92 bits per heavy atom. The molecule has 0 amide bonds. The van der Waals surface area contributed by atoms with E-state index in [1.165, 1.54) is 24.3 Å². The van der Waals surface area contributed by atoms with E-state index < -0.39 is 11.8 Å². The predicted octanol–water partition coefficient (Wildman–Crippen LogP) is 2.30. The molecule has 0 atom stereocenters. The number of halogens is 2. The molecule has 0 saturated heterocycles. The Labute approximate surface area is 84.3 Å². The van der Waals surface area contributed by atoms with Crippen LogP contribution in [0.4, 0.5) is 4.39 Å². The van der Waals surface area contributed by atoms with E-state index in [9.17, 15) is 9.18 Å². The van der Waals surface area contributed by atoms with Gasteiger partial charge in [0, 0.05) is 0 Å². The summed E-state index contributed by atoms with van der Waals surface area (Å²) in [7, 11) is 0. The molecule has 0 fully saturated rings. The van der Waals surface area contributed by atoms with Gasteiger partial charge in [0.1, 0.15) is 11.6 Å². The number of thiocarbonyl (C=S) groups is 1. The number of esters is 1. The van der Waals surface area contributed by atoms with Gasteiger partial charge in [0.2, 0.25) is 0 Å². The summed E-state index contributed by atoms with van der Waals surface area (Å²) in [5, 5.41) is 0. The largest absolute Gasteiger partial charge is 0.422 e. The maximum Gasteiger partial charge on any atom is 0.366 e. The summed E-state index contributed by atoms with van der Waals surface area (Å²) in [5.74, 6) is -1.02. The van der Waals surface area contributed by atoms with E-state index in [2.05, 4.69) is 17.0 Å². The molecule has 0 bridgehead atoms. The maximum atomic E-state index is 12.4. The zero-order valence-corrected chi connectivity index (χ0v) is 7.86. The smallest absolute Gasteiger partial charge is 0.366 e. The second kappa shape index (κ2) is 4.30. The minimum absolute atomic E-state index is 0.203. The van der Waals surface area contributed by atoms with Crippen molar-refractivity contribution in [3.63, 3.8) is 0 Å². The van der Waals surface area contributed by atoms with Gasteiger partial charge < -0.3 is 4.74 Å². The van der Waals surface area contributed by atoms with Gasteiger partial charge in [-0.3, -0.25) is 0 Å². The molecular weight excluding hydrogens is 215 g/mol. The molecule has 0 heterocycles. The first kappa shape index (κ1) is 10.1. The van der Waals surface area contributed by atoms with Gasteiger partial charge in [-0.2, -0.15) is 0 Å². The van der Waals surface area contributed by atoms with E-state index in [4.69, 9.17) is 11.6 Å². The van der Waals surface area contributed by atoms with Crippen molar-refractivity contribution in [1.29, 1.82) is 0 Å². The number of hydrogen-bond acceptors (Lipinski definition) is 3. The highest BCUT2D eigenvalue weighted by Crippen LogP contribution is 2.11. The Morgan fingerprint density at radius 3 is 2.38 bits per heavy atom. The minimum atomic E-state index is -0.816. The summed E-state index contributed by atoms with van der Waals surface area (Å²) in [6, 6.07) is 4.95. The molecular formula is C8H4ClFO2S. The van der Waals surface area contributed by atoms with Crippen LogP contribution < -0.4 is 4.74 Å². The number of ether oxygens (including phenoxy) is 1. The van der Waals surface area contributed by atoms with E-state index >= 15 is 0 Å². The van der Waals surface area contributed by atoms with Crippen molar-refractivity contribution in [3.05, 3.63) is 30.1 Å². The van der Waals surface area contributed by atoms with Gasteiger partial charge in [-0.1, -0.05) is 23.8 Å². The first-order valence-electron chi connectivity index (χ1n) is 3.27. The zero-order valence-electron chi connectivity index (χ0n) is 6.29. The number of carbonyl (C=O) groups is 1. The van der Waals surface area contributed by atoms with Crippen LogP contribution in [0.25, 0.3) is 0 Å². The van der Waals surface area contributed by atoms with Crippen LogP contribution in [0.5, 0.6) is 5.75 Å². The lowest BCUT2D eigenvalue weighted by atomic mass is 10.3. The quantitative estimate of drug-likeness (QED) is 0.330. The standard InChI is InChI=1S/C8H4ClFO2S/c9-7(13)8(11)12-6-3-1-5(10)2-4-6/h1-4H. The molecule has 1 rings (SSSR count). The van der Waals surface area contributed by atoms with Crippen LogP contribution in [0, 0.1) is 5.82 Å². The molecule has 0 radical (unpaired) electrons. The van der Waals surface area contributed by atoms with Crippen molar-refractivity contribution < 1.29 is 13.9 Å². The number of rotatable bonds is 2. The lowest BCUT2D eigenvalue weighted by Crippen LogP contribution is -2.13. The molecule has 68 valence electrons. The molecule has 2 nitrogen and oxygen atoms in total. The highest BCUT2D eigenvalue weighted by Gasteiger charge is 2.08. The second-order valence-corrected chi connectivity index (χ2v) is 3.13.